The molecule has 128 valence electrons. The van der Waals surface area contributed by atoms with E-state index < -0.39 is 0 Å². The Bertz CT molecular complexity index is 928. The van der Waals surface area contributed by atoms with Crippen molar-refractivity contribution in [2.75, 3.05) is 13.2 Å². The zero-order valence-corrected chi connectivity index (χ0v) is 15.0. The zero-order valence-electron chi connectivity index (χ0n) is 14.1. The molecule has 0 N–H and O–H groups in total. The van der Waals surface area contributed by atoms with Crippen LogP contribution < -0.4 is 14.3 Å². The first-order valence-electron chi connectivity index (χ1n) is 8.53. The lowest BCUT2D eigenvalue weighted by atomic mass is 10.1. The predicted molar refractivity (Wildman–Crippen MR) is 101 cm³/mol. The molecule has 4 rings (SSSR count). The topological polar surface area (TPSA) is 35.8 Å². The first-order valence-corrected chi connectivity index (χ1v) is 9.41. The van der Waals surface area contributed by atoms with E-state index in [0.29, 0.717) is 13.2 Å². The molecule has 5 heteroatoms. The van der Waals surface area contributed by atoms with Crippen LogP contribution in [-0.4, -0.2) is 17.8 Å². The van der Waals surface area contributed by atoms with Crippen molar-refractivity contribution in [3.05, 3.63) is 58.7 Å². The number of fused-ring (bicyclic) bond motifs is 1. The minimum Gasteiger partial charge on any atom is -0.486 e. The quantitative estimate of drug-likeness (QED) is 0.686. The standard InChI is InChI=1S/C20H20N2O2S/c1-2-10-22-17(14-25-20(22)21-16-6-4-3-5-7-16)15-8-9-18-19(13-15)24-12-11-23-18/h3-9,13-14H,2,10-12H2,1H3. The Morgan fingerprint density at radius 3 is 2.64 bits per heavy atom. The van der Waals surface area contributed by atoms with Gasteiger partial charge in [0, 0.05) is 17.5 Å². The molecule has 0 fully saturated rings. The van der Waals surface area contributed by atoms with Crippen LogP contribution in [0.5, 0.6) is 11.5 Å². The molecule has 2 aromatic carbocycles. The molecule has 0 unspecified atom stereocenters. The summed E-state index contributed by atoms with van der Waals surface area (Å²) in [4.78, 5) is 5.83. The lowest BCUT2D eigenvalue weighted by molar-refractivity contribution is 0.171. The maximum absolute atomic E-state index is 5.73. The molecule has 0 saturated carbocycles. The minimum atomic E-state index is 0.601. The third-order valence-electron chi connectivity index (χ3n) is 4.06. The Morgan fingerprint density at radius 1 is 1.04 bits per heavy atom. The van der Waals surface area contributed by atoms with Gasteiger partial charge in [-0.2, -0.15) is 0 Å². The number of aromatic nitrogens is 1. The van der Waals surface area contributed by atoms with E-state index in [2.05, 4.69) is 29.0 Å². The Kier molecular flexibility index (Phi) is 4.57. The van der Waals surface area contributed by atoms with Gasteiger partial charge in [-0.1, -0.05) is 25.1 Å². The zero-order chi connectivity index (χ0) is 17.1. The van der Waals surface area contributed by atoms with Crippen LogP contribution in [0.4, 0.5) is 5.69 Å². The Hall–Kier alpha value is -2.53. The Balaban J connectivity index is 1.79. The van der Waals surface area contributed by atoms with Gasteiger partial charge in [-0.15, -0.1) is 11.3 Å². The summed E-state index contributed by atoms with van der Waals surface area (Å²) in [6, 6.07) is 16.2. The van der Waals surface area contributed by atoms with E-state index in [4.69, 9.17) is 14.5 Å². The van der Waals surface area contributed by atoms with Crippen molar-refractivity contribution in [1.82, 2.24) is 4.57 Å². The van der Waals surface area contributed by atoms with Gasteiger partial charge in [0.15, 0.2) is 16.3 Å². The van der Waals surface area contributed by atoms with Crippen LogP contribution in [0.3, 0.4) is 0 Å². The van der Waals surface area contributed by atoms with Gasteiger partial charge in [0.2, 0.25) is 0 Å². The van der Waals surface area contributed by atoms with Crippen LogP contribution in [0.1, 0.15) is 13.3 Å². The molecule has 0 spiro atoms. The second kappa shape index (κ2) is 7.15. The lowest BCUT2D eigenvalue weighted by Gasteiger charge is -2.19. The molecule has 0 atom stereocenters. The molecule has 0 saturated heterocycles. The highest BCUT2D eigenvalue weighted by atomic mass is 32.1. The Morgan fingerprint density at radius 2 is 1.84 bits per heavy atom. The second-order valence-corrected chi connectivity index (χ2v) is 6.70. The number of hydrogen-bond donors (Lipinski definition) is 0. The van der Waals surface area contributed by atoms with Crippen LogP contribution in [0.2, 0.25) is 0 Å². The van der Waals surface area contributed by atoms with Gasteiger partial charge in [0.25, 0.3) is 0 Å². The molecule has 1 aliphatic heterocycles. The van der Waals surface area contributed by atoms with Gasteiger partial charge in [0.1, 0.15) is 13.2 Å². The van der Waals surface area contributed by atoms with Crippen molar-refractivity contribution in [3.8, 4) is 22.8 Å². The van der Waals surface area contributed by atoms with Crippen LogP contribution >= 0.6 is 11.3 Å². The first-order chi connectivity index (χ1) is 12.3. The second-order valence-electron chi connectivity index (χ2n) is 5.86. The van der Waals surface area contributed by atoms with Gasteiger partial charge in [-0.3, -0.25) is 0 Å². The van der Waals surface area contributed by atoms with Gasteiger partial charge in [-0.25, -0.2) is 4.99 Å². The summed E-state index contributed by atoms with van der Waals surface area (Å²) in [5.41, 5.74) is 3.27. The fourth-order valence-electron chi connectivity index (χ4n) is 2.90. The largest absolute Gasteiger partial charge is 0.486 e. The van der Waals surface area contributed by atoms with Gasteiger partial charge in [-0.05, 0) is 36.8 Å². The molecule has 4 nitrogen and oxygen atoms in total. The first kappa shape index (κ1) is 16.0. The maximum atomic E-state index is 5.73. The van der Waals surface area contributed by atoms with Crippen LogP contribution in [-0.2, 0) is 6.54 Å². The van der Waals surface area contributed by atoms with E-state index in [1.54, 1.807) is 11.3 Å². The third-order valence-corrected chi connectivity index (χ3v) is 4.93. The number of para-hydroxylation sites is 1. The summed E-state index contributed by atoms with van der Waals surface area (Å²) >= 11 is 1.67. The molecule has 0 amide bonds. The fourth-order valence-corrected chi connectivity index (χ4v) is 3.86. The van der Waals surface area contributed by atoms with Crippen molar-refractivity contribution < 1.29 is 9.47 Å². The maximum Gasteiger partial charge on any atom is 0.190 e. The summed E-state index contributed by atoms with van der Waals surface area (Å²) in [5.74, 6) is 1.64. The highest BCUT2D eigenvalue weighted by Crippen LogP contribution is 2.34. The highest BCUT2D eigenvalue weighted by Gasteiger charge is 2.14. The minimum absolute atomic E-state index is 0.601. The predicted octanol–water partition coefficient (Wildman–Crippen LogP) is 4.63. The van der Waals surface area contributed by atoms with Crippen molar-refractivity contribution in [2.24, 2.45) is 4.99 Å². The summed E-state index contributed by atoms with van der Waals surface area (Å²) in [6.45, 7) is 4.33. The van der Waals surface area contributed by atoms with Crippen LogP contribution in [0.25, 0.3) is 11.3 Å². The van der Waals surface area contributed by atoms with Gasteiger partial charge < -0.3 is 14.0 Å². The van der Waals surface area contributed by atoms with E-state index in [1.807, 2.05) is 36.4 Å². The average Bonchev–Trinajstić information content (AvgIpc) is 3.05. The van der Waals surface area contributed by atoms with E-state index in [1.165, 1.54) is 5.69 Å². The summed E-state index contributed by atoms with van der Waals surface area (Å²) in [5, 5.41) is 2.17. The van der Waals surface area contributed by atoms with Crippen LogP contribution in [0.15, 0.2) is 58.9 Å². The molecule has 1 aromatic heterocycles. The fraction of sp³-hybridized carbons (Fsp3) is 0.250. The van der Waals surface area contributed by atoms with Crippen molar-refractivity contribution in [2.45, 2.75) is 19.9 Å². The molecule has 0 radical (unpaired) electrons. The lowest BCUT2D eigenvalue weighted by Crippen LogP contribution is -2.16. The Labute approximate surface area is 151 Å². The molecule has 0 aliphatic carbocycles. The van der Waals surface area contributed by atoms with E-state index in [-0.39, 0.29) is 0 Å². The number of nitrogens with zero attached hydrogens (tertiary/aromatic N) is 2. The normalized spacial score (nSPS) is 13.9. The summed E-state index contributed by atoms with van der Waals surface area (Å²) < 4.78 is 13.6. The third kappa shape index (κ3) is 3.33. The van der Waals surface area contributed by atoms with E-state index in [9.17, 15) is 0 Å². The number of benzene rings is 2. The molecular formula is C20H20N2O2S. The number of ether oxygens (including phenoxy) is 2. The molecule has 2 heterocycles. The summed E-state index contributed by atoms with van der Waals surface area (Å²) in [6.07, 6.45) is 1.05. The number of hydrogen-bond acceptors (Lipinski definition) is 4. The van der Waals surface area contributed by atoms with Crippen LogP contribution in [0, 0.1) is 0 Å². The molecule has 25 heavy (non-hydrogen) atoms. The average molecular weight is 352 g/mol. The SMILES string of the molecule is CCCn1c(-c2ccc3c(c2)OCCO3)csc1=Nc1ccccc1. The van der Waals surface area contributed by atoms with Crippen molar-refractivity contribution in [3.63, 3.8) is 0 Å². The van der Waals surface area contributed by atoms with E-state index >= 15 is 0 Å². The molecular weight excluding hydrogens is 332 g/mol. The molecule has 3 aromatic rings. The van der Waals surface area contributed by atoms with Gasteiger partial charge >= 0.3 is 0 Å². The smallest absolute Gasteiger partial charge is 0.190 e. The highest BCUT2D eigenvalue weighted by molar-refractivity contribution is 7.07. The van der Waals surface area contributed by atoms with Gasteiger partial charge in [0.05, 0.1) is 11.4 Å². The number of rotatable bonds is 4. The molecule has 1 aliphatic rings. The molecule has 0 bridgehead atoms. The van der Waals surface area contributed by atoms with E-state index in [0.717, 1.165) is 40.5 Å². The van der Waals surface area contributed by atoms with Crippen molar-refractivity contribution in [1.29, 1.82) is 0 Å². The monoisotopic (exact) mass is 352 g/mol. The summed E-state index contributed by atoms with van der Waals surface area (Å²) in [7, 11) is 0. The van der Waals surface area contributed by atoms with Crippen molar-refractivity contribution >= 4 is 17.0 Å². The number of thiazole rings is 1.